The molecule has 2 saturated heterocycles. The second-order valence-electron chi connectivity index (χ2n) is 5.11. The molecule has 0 radical (unpaired) electrons. The minimum absolute atomic E-state index is 0.556. The fourth-order valence-corrected chi connectivity index (χ4v) is 2.76. The molecule has 13 heavy (non-hydrogen) atoms. The fourth-order valence-electron chi connectivity index (χ4n) is 2.76. The Balaban J connectivity index is 1.98. The van der Waals surface area contributed by atoms with Crippen LogP contribution in [0.5, 0.6) is 0 Å². The summed E-state index contributed by atoms with van der Waals surface area (Å²) in [6, 6.07) is 0.806. The Morgan fingerprint density at radius 3 is 3.08 bits per heavy atom. The smallest absolute Gasteiger partial charge is 0.0120 e. The molecule has 2 N–H and O–H groups in total. The number of hydrogen-bond donors (Lipinski definition) is 2. The topological polar surface area (TPSA) is 24.1 Å². The maximum Gasteiger partial charge on any atom is 0.0120 e. The van der Waals surface area contributed by atoms with Gasteiger partial charge in [0.1, 0.15) is 0 Å². The minimum Gasteiger partial charge on any atom is -0.316 e. The SMILES string of the molecule is CCC1(C)CNC2CCNCC2C1. The van der Waals surface area contributed by atoms with Crippen molar-refractivity contribution >= 4 is 0 Å². The molecular weight excluding hydrogens is 160 g/mol. The Bertz CT molecular complexity index is 181. The monoisotopic (exact) mass is 182 g/mol. The van der Waals surface area contributed by atoms with Gasteiger partial charge < -0.3 is 10.6 Å². The first-order chi connectivity index (χ1) is 6.23. The van der Waals surface area contributed by atoms with Gasteiger partial charge in [-0.2, -0.15) is 0 Å². The zero-order valence-corrected chi connectivity index (χ0v) is 8.90. The van der Waals surface area contributed by atoms with Crippen molar-refractivity contribution in [2.45, 2.75) is 39.2 Å². The van der Waals surface area contributed by atoms with Crippen molar-refractivity contribution in [3.05, 3.63) is 0 Å². The highest BCUT2D eigenvalue weighted by Crippen LogP contribution is 2.35. The van der Waals surface area contributed by atoms with E-state index in [1.54, 1.807) is 0 Å². The molecule has 0 saturated carbocycles. The Kier molecular flexibility index (Phi) is 2.61. The van der Waals surface area contributed by atoms with Crippen LogP contribution in [0.25, 0.3) is 0 Å². The van der Waals surface area contributed by atoms with Gasteiger partial charge in [-0.15, -0.1) is 0 Å². The summed E-state index contributed by atoms with van der Waals surface area (Å²) in [5, 5.41) is 7.23. The van der Waals surface area contributed by atoms with Gasteiger partial charge in [0.2, 0.25) is 0 Å². The van der Waals surface area contributed by atoms with Crippen LogP contribution in [0, 0.1) is 11.3 Å². The van der Waals surface area contributed by atoms with E-state index in [0.717, 1.165) is 12.0 Å². The van der Waals surface area contributed by atoms with Gasteiger partial charge in [0.05, 0.1) is 0 Å². The Morgan fingerprint density at radius 1 is 1.46 bits per heavy atom. The molecule has 2 rings (SSSR count). The lowest BCUT2D eigenvalue weighted by Crippen LogP contribution is -2.55. The third-order valence-corrected chi connectivity index (χ3v) is 4.01. The van der Waals surface area contributed by atoms with Crippen molar-refractivity contribution < 1.29 is 0 Å². The number of hydrogen-bond acceptors (Lipinski definition) is 2. The van der Waals surface area contributed by atoms with Crippen LogP contribution < -0.4 is 10.6 Å². The molecule has 0 aliphatic carbocycles. The fraction of sp³-hybridized carbons (Fsp3) is 1.00. The van der Waals surface area contributed by atoms with Crippen molar-refractivity contribution in [2.24, 2.45) is 11.3 Å². The number of fused-ring (bicyclic) bond motifs is 1. The normalized spacial score (nSPS) is 45.7. The second-order valence-corrected chi connectivity index (χ2v) is 5.11. The van der Waals surface area contributed by atoms with Gasteiger partial charge in [0, 0.05) is 12.6 Å². The lowest BCUT2D eigenvalue weighted by atomic mass is 9.71. The van der Waals surface area contributed by atoms with E-state index in [9.17, 15) is 0 Å². The summed E-state index contributed by atoms with van der Waals surface area (Å²) in [6.07, 6.45) is 4.04. The average Bonchev–Trinajstić information content (AvgIpc) is 2.18. The van der Waals surface area contributed by atoms with E-state index < -0.39 is 0 Å². The highest BCUT2D eigenvalue weighted by molar-refractivity contribution is 4.94. The molecule has 2 fully saturated rings. The van der Waals surface area contributed by atoms with Crippen LogP contribution in [0.2, 0.25) is 0 Å². The van der Waals surface area contributed by atoms with E-state index in [1.807, 2.05) is 0 Å². The average molecular weight is 182 g/mol. The highest BCUT2D eigenvalue weighted by atomic mass is 15.0. The van der Waals surface area contributed by atoms with Crippen LogP contribution >= 0.6 is 0 Å². The highest BCUT2D eigenvalue weighted by Gasteiger charge is 2.37. The van der Waals surface area contributed by atoms with Crippen LogP contribution in [0.15, 0.2) is 0 Å². The molecule has 76 valence electrons. The lowest BCUT2D eigenvalue weighted by Gasteiger charge is -2.45. The van der Waals surface area contributed by atoms with Crippen LogP contribution in [-0.2, 0) is 0 Å². The van der Waals surface area contributed by atoms with Gasteiger partial charge in [-0.05, 0) is 43.7 Å². The second kappa shape index (κ2) is 3.58. The summed E-state index contributed by atoms with van der Waals surface area (Å²) < 4.78 is 0. The standard InChI is InChI=1S/C11H22N2/c1-3-11(2)6-9-7-12-5-4-10(9)13-8-11/h9-10,12-13H,3-8H2,1-2H3. The van der Waals surface area contributed by atoms with Crippen molar-refractivity contribution in [2.75, 3.05) is 19.6 Å². The lowest BCUT2D eigenvalue weighted by molar-refractivity contribution is 0.109. The van der Waals surface area contributed by atoms with Crippen molar-refractivity contribution in [3.63, 3.8) is 0 Å². The first-order valence-electron chi connectivity index (χ1n) is 5.68. The summed E-state index contributed by atoms with van der Waals surface area (Å²) in [5.41, 5.74) is 0.556. The van der Waals surface area contributed by atoms with Gasteiger partial charge in [-0.25, -0.2) is 0 Å². The largest absolute Gasteiger partial charge is 0.316 e. The predicted octanol–water partition coefficient (Wildman–Crippen LogP) is 1.37. The molecule has 3 unspecified atom stereocenters. The first kappa shape index (κ1) is 9.47. The number of piperidine rings is 2. The van der Waals surface area contributed by atoms with Gasteiger partial charge >= 0.3 is 0 Å². The molecule has 0 spiro atoms. The van der Waals surface area contributed by atoms with Gasteiger partial charge in [0.15, 0.2) is 0 Å². The molecule has 2 aliphatic rings. The molecule has 2 nitrogen and oxygen atoms in total. The van der Waals surface area contributed by atoms with Crippen LogP contribution in [-0.4, -0.2) is 25.7 Å². The Hall–Kier alpha value is -0.0800. The molecular formula is C11H22N2. The zero-order chi connectivity index (χ0) is 9.31. The molecule has 0 aromatic rings. The van der Waals surface area contributed by atoms with E-state index in [2.05, 4.69) is 24.5 Å². The van der Waals surface area contributed by atoms with Gasteiger partial charge in [0.25, 0.3) is 0 Å². The molecule has 2 heteroatoms. The summed E-state index contributed by atoms with van der Waals surface area (Å²) in [5.74, 6) is 0.882. The van der Waals surface area contributed by atoms with Gasteiger partial charge in [-0.3, -0.25) is 0 Å². The molecule has 0 amide bonds. The van der Waals surface area contributed by atoms with Crippen LogP contribution in [0.3, 0.4) is 0 Å². The molecule has 2 aliphatic heterocycles. The third-order valence-electron chi connectivity index (χ3n) is 4.01. The molecule has 0 aromatic carbocycles. The maximum atomic E-state index is 3.72. The van der Waals surface area contributed by atoms with E-state index in [4.69, 9.17) is 0 Å². The summed E-state index contributed by atoms with van der Waals surface area (Å²) in [6.45, 7) is 8.40. The quantitative estimate of drug-likeness (QED) is 0.640. The molecule has 0 aromatic heterocycles. The van der Waals surface area contributed by atoms with E-state index in [0.29, 0.717) is 5.41 Å². The van der Waals surface area contributed by atoms with Gasteiger partial charge in [-0.1, -0.05) is 13.8 Å². The number of rotatable bonds is 1. The first-order valence-corrected chi connectivity index (χ1v) is 5.68. The predicted molar refractivity (Wildman–Crippen MR) is 55.8 cm³/mol. The summed E-state index contributed by atoms with van der Waals surface area (Å²) in [7, 11) is 0. The van der Waals surface area contributed by atoms with Crippen LogP contribution in [0.1, 0.15) is 33.1 Å². The van der Waals surface area contributed by atoms with E-state index >= 15 is 0 Å². The Labute approximate surface area is 81.5 Å². The summed E-state index contributed by atoms with van der Waals surface area (Å²) in [4.78, 5) is 0. The van der Waals surface area contributed by atoms with E-state index in [-0.39, 0.29) is 0 Å². The zero-order valence-electron chi connectivity index (χ0n) is 8.90. The third kappa shape index (κ3) is 1.89. The minimum atomic E-state index is 0.556. The Morgan fingerprint density at radius 2 is 2.31 bits per heavy atom. The van der Waals surface area contributed by atoms with Crippen molar-refractivity contribution in [1.29, 1.82) is 0 Å². The van der Waals surface area contributed by atoms with Crippen molar-refractivity contribution in [3.8, 4) is 0 Å². The van der Waals surface area contributed by atoms with E-state index in [1.165, 1.54) is 38.9 Å². The molecule has 0 bridgehead atoms. The molecule has 3 atom stereocenters. The summed E-state index contributed by atoms with van der Waals surface area (Å²) >= 11 is 0. The maximum absolute atomic E-state index is 3.72. The molecule has 2 heterocycles. The number of nitrogens with one attached hydrogen (secondary N) is 2. The van der Waals surface area contributed by atoms with Crippen LogP contribution in [0.4, 0.5) is 0 Å². The van der Waals surface area contributed by atoms with Crippen molar-refractivity contribution in [1.82, 2.24) is 10.6 Å².